The van der Waals surface area contributed by atoms with Gasteiger partial charge in [0.2, 0.25) is 9.84 Å². The first-order chi connectivity index (χ1) is 11.7. The zero-order valence-corrected chi connectivity index (χ0v) is 13.6. The van der Waals surface area contributed by atoms with Crippen molar-refractivity contribution in [2.75, 3.05) is 0 Å². The number of H-pyrrole nitrogens is 1. The number of sulfone groups is 1. The molecule has 0 radical (unpaired) electrons. The normalized spacial score (nSPS) is 10.8. The number of nitrogens with one attached hydrogen (secondary N) is 1. The summed E-state index contributed by atoms with van der Waals surface area (Å²) >= 11 is 0. The molecule has 0 aliphatic heterocycles. The summed E-state index contributed by atoms with van der Waals surface area (Å²) in [6.45, 7) is 0. The highest BCUT2D eigenvalue weighted by atomic mass is 32.2. The quantitative estimate of drug-likeness (QED) is 0.600. The van der Waals surface area contributed by atoms with Crippen LogP contribution in [0.5, 0.6) is 0 Å². The fourth-order valence-electron chi connectivity index (χ4n) is 2.22. The number of pyridine rings is 1. The molecule has 0 bridgehead atoms. The maximum absolute atomic E-state index is 12.0. The summed E-state index contributed by atoms with van der Waals surface area (Å²) in [5.41, 5.74) is 0.956. The number of hydrogen-bond donors (Lipinski definition) is 1. The molecule has 0 aliphatic carbocycles. The van der Waals surface area contributed by atoms with Gasteiger partial charge in [0.1, 0.15) is 5.65 Å². The Kier molecular flexibility index (Phi) is 4.72. The molecule has 4 rings (SSSR count). The minimum Gasteiger partial charge on any atom is -0.346 e. The second-order valence-electron chi connectivity index (χ2n) is 5.05. The number of aromatic amines is 1. The predicted molar refractivity (Wildman–Crippen MR) is 94.4 cm³/mol. The summed E-state index contributed by atoms with van der Waals surface area (Å²) in [5.74, 6) is 0. The summed E-state index contributed by atoms with van der Waals surface area (Å²) in [6, 6.07) is 22.8. The smallest absolute Gasteiger partial charge is 0.206 e. The highest BCUT2D eigenvalue weighted by molar-refractivity contribution is 7.91. The molecule has 120 valence electrons. The summed E-state index contributed by atoms with van der Waals surface area (Å²) in [6.07, 6.45) is 3.66. The topological polar surface area (TPSA) is 62.8 Å². The SMILES string of the molecule is O=S(=O)(c1ccccc1)c1ccccc1.c1cnc2[nH]ccc2c1. The molecule has 2 heterocycles. The van der Waals surface area contributed by atoms with Gasteiger partial charge in [0.15, 0.2) is 0 Å². The maximum atomic E-state index is 12.0. The molecule has 0 amide bonds. The van der Waals surface area contributed by atoms with Gasteiger partial charge in [-0.05, 0) is 42.5 Å². The van der Waals surface area contributed by atoms with E-state index in [1.807, 2.05) is 24.4 Å². The molecule has 0 atom stereocenters. The van der Waals surface area contributed by atoms with Crippen LogP contribution in [0.15, 0.2) is 101 Å². The molecule has 4 aromatic rings. The van der Waals surface area contributed by atoms with Crippen molar-refractivity contribution < 1.29 is 8.42 Å². The Hall–Kier alpha value is -2.92. The van der Waals surface area contributed by atoms with Crippen LogP contribution in [0.1, 0.15) is 0 Å². The van der Waals surface area contributed by atoms with Gasteiger partial charge < -0.3 is 4.98 Å². The number of nitrogens with zero attached hydrogens (tertiary/aromatic N) is 1. The Labute approximate surface area is 140 Å². The molecule has 0 saturated heterocycles. The predicted octanol–water partition coefficient (Wildman–Crippen LogP) is 4.08. The van der Waals surface area contributed by atoms with Crippen LogP contribution in [0.25, 0.3) is 11.0 Å². The van der Waals surface area contributed by atoms with Crippen molar-refractivity contribution >= 4 is 20.9 Å². The summed E-state index contributed by atoms with van der Waals surface area (Å²) in [7, 11) is -3.34. The molecule has 1 N–H and O–H groups in total. The highest BCUT2D eigenvalue weighted by Crippen LogP contribution is 2.19. The van der Waals surface area contributed by atoms with E-state index in [-0.39, 0.29) is 0 Å². The van der Waals surface area contributed by atoms with Crippen molar-refractivity contribution in [2.24, 2.45) is 0 Å². The first-order valence-corrected chi connectivity index (χ1v) is 8.89. The molecular formula is C19H16N2O2S. The Balaban J connectivity index is 0.000000159. The van der Waals surface area contributed by atoms with Gasteiger partial charge in [-0.25, -0.2) is 13.4 Å². The average Bonchev–Trinajstić information content (AvgIpc) is 3.12. The van der Waals surface area contributed by atoms with Crippen LogP contribution < -0.4 is 0 Å². The largest absolute Gasteiger partial charge is 0.346 e. The van der Waals surface area contributed by atoms with Crippen molar-refractivity contribution in [3.05, 3.63) is 91.3 Å². The van der Waals surface area contributed by atoms with Crippen LogP contribution in [0.4, 0.5) is 0 Å². The standard InChI is InChI=1S/C12H10O2S.C7H6N2/c13-15(14,11-7-3-1-4-8-11)12-9-5-2-6-10-12;1-2-6-3-5-9-7(6)8-4-1/h1-10H;1-5H,(H,8,9). The molecule has 0 aliphatic rings. The molecule has 0 saturated carbocycles. The van der Waals surface area contributed by atoms with Crippen molar-refractivity contribution in [3.8, 4) is 0 Å². The summed E-state index contributed by atoms with van der Waals surface area (Å²) in [4.78, 5) is 7.75. The summed E-state index contributed by atoms with van der Waals surface area (Å²) < 4.78 is 24.1. The zero-order chi connectivity index (χ0) is 16.8. The highest BCUT2D eigenvalue weighted by Gasteiger charge is 2.15. The maximum Gasteiger partial charge on any atom is 0.206 e. The Morgan fingerprint density at radius 3 is 1.83 bits per heavy atom. The van der Waals surface area contributed by atoms with Gasteiger partial charge in [-0.1, -0.05) is 36.4 Å². The van der Waals surface area contributed by atoms with Crippen LogP contribution in [-0.2, 0) is 9.84 Å². The molecule has 2 aromatic carbocycles. The van der Waals surface area contributed by atoms with Crippen LogP contribution in [0.2, 0.25) is 0 Å². The lowest BCUT2D eigenvalue weighted by atomic mass is 10.3. The van der Waals surface area contributed by atoms with Gasteiger partial charge in [-0.15, -0.1) is 0 Å². The number of fused-ring (bicyclic) bond motifs is 1. The zero-order valence-electron chi connectivity index (χ0n) is 12.8. The van der Waals surface area contributed by atoms with Crippen LogP contribution >= 0.6 is 0 Å². The molecule has 4 nitrogen and oxygen atoms in total. The first-order valence-electron chi connectivity index (χ1n) is 7.41. The van der Waals surface area contributed by atoms with Crippen molar-refractivity contribution in [1.29, 1.82) is 0 Å². The minimum atomic E-state index is -3.34. The molecule has 2 aromatic heterocycles. The number of rotatable bonds is 2. The Morgan fingerprint density at radius 1 is 0.708 bits per heavy atom. The van der Waals surface area contributed by atoms with Gasteiger partial charge in [0.05, 0.1) is 9.79 Å². The van der Waals surface area contributed by atoms with Gasteiger partial charge in [-0.2, -0.15) is 0 Å². The van der Waals surface area contributed by atoms with E-state index < -0.39 is 9.84 Å². The van der Waals surface area contributed by atoms with Crippen LogP contribution in [0, 0.1) is 0 Å². The first kappa shape index (κ1) is 16.0. The van der Waals surface area contributed by atoms with Crippen LogP contribution in [-0.4, -0.2) is 18.4 Å². The van der Waals surface area contributed by atoms with E-state index in [0.29, 0.717) is 9.79 Å². The van der Waals surface area contributed by atoms with Gasteiger partial charge in [0.25, 0.3) is 0 Å². The lowest BCUT2D eigenvalue weighted by molar-refractivity contribution is 0.596. The number of benzene rings is 2. The second-order valence-corrected chi connectivity index (χ2v) is 7.00. The van der Waals surface area contributed by atoms with Gasteiger partial charge in [0, 0.05) is 17.8 Å². The fraction of sp³-hybridized carbons (Fsp3) is 0. The molecule has 0 unspecified atom stereocenters. The van der Waals surface area contributed by atoms with E-state index in [2.05, 4.69) is 9.97 Å². The Bertz CT molecular complexity index is 935. The van der Waals surface area contributed by atoms with Crippen molar-refractivity contribution in [1.82, 2.24) is 9.97 Å². The third-order valence-electron chi connectivity index (χ3n) is 3.43. The molecule has 5 heteroatoms. The van der Waals surface area contributed by atoms with Crippen LogP contribution in [0.3, 0.4) is 0 Å². The van der Waals surface area contributed by atoms with E-state index >= 15 is 0 Å². The summed E-state index contributed by atoms with van der Waals surface area (Å²) in [5, 5.41) is 1.16. The minimum absolute atomic E-state index is 0.330. The Morgan fingerprint density at radius 2 is 1.29 bits per heavy atom. The van der Waals surface area contributed by atoms with Crippen molar-refractivity contribution in [2.45, 2.75) is 9.79 Å². The number of hydrogen-bond acceptors (Lipinski definition) is 3. The lowest BCUT2D eigenvalue weighted by Crippen LogP contribution is -2.00. The third kappa shape index (κ3) is 3.52. The molecular weight excluding hydrogens is 320 g/mol. The fourth-order valence-corrected chi connectivity index (χ4v) is 3.52. The van der Waals surface area contributed by atoms with Gasteiger partial charge >= 0.3 is 0 Å². The van der Waals surface area contributed by atoms with Gasteiger partial charge in [-0.3, -0.25) is 0 Å². The van der Waals surface area contributed by atoms with E-state index in [1.54, 1.807) is 66.9 Å². The molecule has 0 spiro atoms. The van der Waals surface area contributed by atoms with Crippen molar-refractivity contribution in [3.63, 3.8) is 0 Å². The molecule has 24 heavy (non-hydrogen) atoms. The lowest BCUT2D eigenvalue weighted by Gasteiger charge is -2.03. The second kappa shape index (κ2) is 7.10. The monoisotopic (exact) mass is 336 g/mol. The molecule has 0 fully saturated rings. The third-order valence-corrected chi connectivity index (χ3v) is 5.21. The van der Waals surface area contributed by atoms with E-state index in [9.17, 15) is 8.42 Å². The van der Waals surface area contributed by atoms with E-state index in [1.165, 1.54) is 0 Å². The van der Waals surface area contributed by atoms with E-state index in [0.717, 1.165) is 11.0 Å². The average molecular weight is 336 g/mol. The van der Waals surface area contributed by atoms with E-state index in [4.69, 9.17) is 0 Å². The number of aromatic nitrogens is 2.